The molecule has 0 aliphatic carbocycles. The lowest BCUT2D eigenvalue weighted by Gasteiger charge is -2.00. The molecule has 104 valence electrons. The van der Waals surface area contributed by atoms with Gasteiger partial charge in [0, 0.05) is 27.7 Å². The zero-order chi connectivity index (χ0) is 14.7. The number of benzene rings is 2. The zero-order valence-electron chi connectivity index (χ0n) is 11.4. The molecule has 0 unspecified atom stereocenters. The van der Waals surface area contributed by atoms with Gasteiger partial charge in [-0.3, -0.25) is 0 Å². The second kappa shape index (κ2) is 6.05. The summed E-state index contributed by atoms with van der Waals surface area (Å²) in [5, 5.41) is 11.1. The second-order valence-corrected chi connectivity index (χ2v) is 5.21. The van der Waals surface area contributed by atoms with E-state index in [0.29, 0.717) is 11.6 Å². The molecule has 0 spiro atoms. The third kappa shape index (κ3) is 2.95. The summed E-state index contributed by atoms with van der Waals surface area (Å²) in [6.45, 7) is 0.572. The van der Waals surface area contributed by atoms with Crippen LogP contribution in [0.25, 0.3) is 10.9 Å². The van der Waals surface area contributed by atoms with Crippen LogP contribution in [0.1, 0.15) is 11.1 Å². The topological polar surface area (TPSA) is 25.2 Å². The lowest BCUT2D eigenvalue weighted by atomic mass is 10.2. The van der Waals surface area contributed by atoms with Crippen molar-refractivity contribution >= 4 is 22.5 Å². The molecule has 3 aromatic rings. The first-order valence-electron chi connectivity index (χ1n) is 6.70. The van der Waals surface area contributed by atoms with Crippen LogP contribution in [0, 0.1) is 11.8 Å². The van der Waals surface area contributed by atoms with E-state index in [1.807, 2.05) is 59.3 Å². The molecular weight excluding hydrogens is 282 g/mol. The number of aliphatic hydroxyl groups is 1. The van der Waals surface area contributed by atoms with Crippen molar-refractivity contribution in [2.45, 2.75) is 13.2 Å². The average molecular weight is 296 g/mol. The average Bonchev–Trinajstić information content (AvgIpc) is 2.86. The van der Waals surface area contributed by atoms with E-state index in [4.69, 9.17) is 11.6 Å². The van der Waals surface area contributed by atoms with E-state index in [9.17, 15) is 5.11 Å². The fraction of sp³-hybridized carbons (Fsp3) is 0.111. The Kier molecular flexibility index (Phi) is 3.96. The van der Waals surface area contributed by atoms with Crippen LogP contribution < -0.4 is 0 Å². The largest absolute Gasteiger partial charge is 0.392 e. The molecule has 0 fully saturated rings. The monoisotopic (exact) mass is 295 g/mol. The van der Waals surface area contributed by atoms with E-state index >= 15 is 0 Å². The summed E-state index contributed by atoms with van der Waals surface area (Å²) in [5.41, 5.74) is 2.88. The molecule has 0 radical (unpaired) electrons. The molecule has 0 amide bonds. The van der Waals surface area contributed by atoms with Crippen LogP contribution in [0.3, 0.4) is 0 Å². The molecule has 0 saturated carbocycles. The molecule has 2 aromatic carbocycles. The van der Waals surface area contributed by atoms with E-state index in [2.05, 4.69) is 11.8 Å². The number of fused-ring (bicyclic) bond motifs is 1. The molecule has 0 bridgehead atoms. The van der Waals surface area contributed by atoms with E-state index in [1.54, 1.807) is 0 Å². The molecule has 1 aromatic heterocycles. The standard InChI is InChI=1S/C18H14ClNO/c19-16-8-9-17-15(13-21)12-20(18(17)11-16)10-4-7-14-5-2-1-3-6-14/h1-3,5-6,8-9,11-12,21H,10,13H2. The minimum Gasteiger partial charge on any atom is -0.392 e. The predicted octanol–water partition coefficient (Wildman–Crippen LogP) is 3.84. The summed E-state index contributed by atoms with van der Waals surface area (Å²) in [7, 11) is 0. The quantitative estimate of drug-likeness (QED) is 0.714. The first kappa shape index (κ1) is 13.8. The van der Waals surface area contributed by atoms with E-state index in [0.717, 1.165) is 22.0 Å². The summed E-state index contributed by atoms with van der Waals surface area (Å²) in [4.78, 5) is 0. The molecule has 3 heteroatoms. The SMILES string of the molecule is OCc1cn(CC#Cc2ccccc2)c2cc(Cl)ccc12. The molecule has 0 atom stereocenters. The Hall–Kier alpha value is -2.21. The van der Waals surface area contributed by atoms with Crippen molar-refractivity contribution in [1.82, 2.24) is 4.57 Å². The van der Waals surface area contributed by atoms with Crippen molar-refractivity contribution in [3.8, 4) is 11.8 Å². The smallest absolute Gasteiger partial charge is 0.0841 e. The Morgan fingerprint density at radius 1 is 1.10 bits per heavy atom. The van der Waals surface area contributed by atoms with Crippen molar-refractivity contribution in [2.24, 2.45) is 0 Å². The third-order valence-corrected chi connectivity index (χ3v) is 3.59. The van der Waals surface area contributed by atoms with Crippen molar-refractivity contribution in [2.75, 3.05) is 0 Å². The molecule has 3 rings (SSSR count). The van der Waals surface area contributed by atoms with Crippen molar-refractivity contribution < 1.29 is 5.11 Å². The maximum atomic E-state index is 9.44. The van der Waals surface area contributed by atoms with Gasteiger partial charge in [-0.05, 0) is 24.3 Å². The Bertz CT molecular complexity index is 825. The highest BCUT2D eigenvalue weighted by Gasteiger charge is 2.07. The molecule has 21 heavy (non-hydrogen) atoms. The summed E-state index contributed by atoms with van der Waals surface area (Å²) in [5.74, 6) is 6.29. The highest BCUT2D eigenvalue weighted by Crippen LogP contribution is 2.24. The van der Waals surface area contributed by atoms with Gasteiger partial charge >= 0.3 is 0 Å². The van der Waals surface area contributed by atoms with Crippen LogP contribution in [-0.2, 0) is 13.2 Å². The lowest BCUT2D eigenvalue weighted by Crippen LogP contribution is -1.93. The van der Waals surface area contributed by atoms with Gasteiger partial charge in [-0.15, -0.1) is 0 Å². The number of aromatic nitrogens is 1. The van der Waals surface area contributed by atoms with Gasteiger partial charge in [0.1, 0.15) is 0 Å². The van der Waals surface area contributed by atoms with Crippen molar-refractivity contribution in [1.29, 1.82) is 0 Å². The molecule has 0 aliphatic rings. The third-order valence-electron chi connectivity index (χ3n) is 3.35. The number of halogens is 1. The molecule has 1 heterocycles. The summed E-state index contributed by atoms with van der Waals surface area (Å²) >= 11 is 6.06. The lowest BCUT2D eigenvalue weighted by molar-refractivity contribution is 0.283. The van der Waals surface area contributed by atoms with Gasteiger partial charge in [-0.2, -0.15) is 0 Å². The first-order chi connectivity index (χ1) is 10.3. The van der Waals surface area contributed by atoms with E-state index in [1.165, 1.54) is 0 Å². The molecule has 0 aliphatic heterocycles. The van der Waals surface area contributed by atoms with E-state index in [-0.39, 0.29) is 6.61 Å². The number of nitrogens with zero attached hydrogens (tertiary/aromatic N) is 1. The fourth-order valence-electron chi connectivity index (χ4n) is 2.35. The highest BCUT2D eigenvalue weighted by molar-refractivity contribution is 6.31. The van der Waals surface area contributed by atoms with Gasteiger partial charge in [0.05, 0.1) is 18.7 Å². The Morgan fingerprint density at radius 3 is 2.67 bits per heavy atom. The molecule has 0 saturated heterocycles. The van der Waals surface area contributed by atoms with Crippen molar-refractivity contribution in [3.05, 3.63) is 70.9 Å². The molecule has 1 N–H and O–H groups in total. The number of rotatable bonds is 2. The number of aliphatic hydroxyl groups excluding tert-OH is 1. The Balaban J connectivity index is 1.94. The Morgan fingerprint density at radius 2 is 1.90 bits per heavy atom. The van der Waals surface area contributed by atoms with Crippen LogP contribution in [0.15, 0.2) is 54.7 Å². The van der Waals surface area contributed by atoms with Crippen molar-refractivity contribution in [3.63, 3.8) is 0 Å². The zero-order valence-corrected chi connectivity index (χ0v) is 12.1. The Labute approximate surface area is 128 Å². The summed E-state index contributed by atoms with van der Waals surface area (Å²) in [6, 6.07) is 15.6. The van der Waals surface area contributed by atoms with E-state index < -0.39 is 0 Å². The van der Waals surface area contributed by atoms with Crippen LogP contribution in [0.5, 0.6) is 0 Å². The van der Waals surface area contributed by atoms with Gasteiger partial charge < -0.3 is 9.67 Å². The maximum absolute atomic E-state index is 9.44. The van der Waals surface area contributed by atoms with Crippen LogP contribution >= 0.6 is 11.6 Å². The van der Waals surface area contributed by atoms with Crippen LogP contribution in [0.2, 0.25) is 5.02 Å². The normalized spacial score (nSPS) is 10.4. The fourth-order valence-corrected chi connectivity index (χ4v) is 2.51. The number of hydrogen-bond donors (Lipinski definition) is 1. The van der Waals surface area contributed by atoms with Gasteiger partial charge in [-0.1, -0.05) is 47.7 Å². The van der Waals surface area contributed by atoms with Gasteiger partial charge in [0.2, 0.25) is 0 Å². The van der Waals surface area contributed by atoms with Gasteiger partial charge in [0.25, 0.3) is 0 Å². The molecule has 2 nitrogen and oxygen atoms in total. The van der Waals surface area contributed by atoms with Crippen LogP contribution in [-0.4, -0.2) is 9.67 Å². The number of hydrogen-bond acceptors (Lipinski definition) is 1. The second-order valence-electron chi connectivity index (χ2n) is 4.77. The van der Waals surface area contributed by atoms with Gasteiger partial charge in [0.15, 0.2) is 0 Å². The highest BCUT2D eigenvalue weighted by atomic mass is 35.5. The summed E-state index contributed by atoms with van der Waals surface area (Å²) < 4.78 is 2.02. The molecular formula is C18H14ClNO. The maximum Gasteiger partial charge on any atom is 0.0841 e. The van der Waals surface area contributed by atoms with Gasteiger partial charge in [-0.25, -0.2) is 0 Å². The first-order valence-corrected chi connectivity index (χ1v) is 7.08. The predicted molar refractivity (Wildman–Crippen MR) is 86.2 cm³/mol. The minimum absolute atomic E-state index is 0.0112. The minimum atomic E-state index is 0.0112. The van der Waals surface area contributed by atoms with Crippen LogP contribution in [0.4, 0.5) is 0 Å². The summed E-state index contributed by atoms with van der Waals surface area (Å²) in [6.07, 6.45) is 1.93.